The van der Waals surface area contributed by atoms with Gasteiger partial charge in [-0.25, -0.2) is 4.57 Å². The van der Waals surface area contributed by atoms with Crippen LogP contribution < -0.4 is 14.0 Å². The third-order valence-electron chi connectivity index (χ3n) is 4.68. The second kappa shape index (κ2) is 8.04. The van der Waals surface area contributed by atoms with Gasteiger partial charge in [0.2, 0.25) is 5.75 Å². The van der Waals surface area contributed by atoms with Gasteiger partial charge in [-0.2, -0.15) is 0 Å². The third kappa shape index (κ3) is 3.74. The van der Waals surface area contributed by atoms with Crippen LogP contribution in [0.1, 0.15) is 16.7 Å². The topological polar surface area (TPSA) is 107 Å². The van der Waals surface area contributed by atoms with Crippen molar-refractivity contribution in [3.63, 3.8) is 0 Å². The van der Waals surface area contributed by atoms with Crippen LogP contribution in [0.5, 0.6) is 17.2 Å². The van der Waals surface area contributed by atoms with Crippen LogP contribution in [-0.4, -0.2) is 34.5 Å². The number of nitrogens with zero attached hydrogens (tertiary/aromatic N) is 2. The van der Waals surface area contributed by atoms with Gasteiger partial charge in [-0.15, -0.1) is 5.10 Å². The molecule has 0 aliphatic rings. The minimum Gasteiger partial charge on any atom is -0.493 e. The van der Waals surface area contributed by atoms with Gasteiger partial charge in [0.25, 0.3) is 0 Å². The van der Waals surface area contributed by atoms with Gasteiger partial charge in [0.1, 0.15) is 5.69 Å². The second-order valence-corrected chi connectivity index (χ2v) is 7.08. The van der Waals surface area contributed by atoms with E-state index in [4.69, 9.17) is 14.0 Å². The number of aryl methyl sites for hydroxylation is 2. The molecule has 8 nitrogen and oxygen atoms in total. The molecule has 0 spiro atoms. The summed E-state index contributed by atoms with van der Waals surface area (Å²) in [6, 6.07) is 7.42. The van der Waals surface area contributed by atoms with Gasteiger partial charge < -0.3 is 18.9 Å². The highest BCUT2D eigenvalue weighted by atomic mass is 31.1. The lowest BCUT2D eigenvalue weighted by molar-refractivity contribution is 0.337. The van der Waals surface area contributed by atoms with Crippen molar-refractivity contribution in [2.75, 3.05) is 14.2 Å². The van der Waals surface area contributed by atoms with E-state index in [0.717, 1.165) is 16.7 Å². The van der Waals surface area contributed by atoms with Gasteiger partial charge in [0.05, 0.1) is 19.9 Å². The Bertz CT molecular complexity index is 1030. The zero-order valence-electron chi connectivity index (χ0n) is 16.3. The summed E-state index contributed by atoms with van der Waals surface area (Å²) in [6.45, 7) is 6.17. The maximum absolute atomic E-state index is 11.3. The average Bonchev–Trinajstić information content (AvgIpc) is 3.14. The molecule has 148 valence electrons. The number of nitrogens with one attached hydrogen (secondary N) is 1. The van der Waals surface area contributed by atoms with Crippen molar-refractivity contribution in [2.45, 2.75) is 20.8 Å². The number of rotatable bonds is 6. The van der Waals surface area contributed by atoms with Crippen LogP contribution in [0.4, 0.5) is 0 Å². The van der Waals surface area contributed by atoms with Crippen molar-refractivity contribution in [3.8, 4) is 39.8 Å². The maximum Gasteiger partial charge on any atom is 0.365 e. The third-order valence-corrected chi connectivity index (χ3v) is 5.07. The van der Waals surface area contributed by atoms with Gasteiger partial charge in [-0.1, -0.05) is 5.21 Å². The molecule has 1 unspecified atom stereocenters. The molecular formula is C19H22N3O5P. The first kappa shape index (κ1) is 19.9. The van der Waals surface area contributed by atoms with Gasteiger partial charge in [-0.3, -0.25) is 5.10 Å². The number of hydrogen-bond acceptors (Lipinski definition) is 6. The monoisotopic (exact) mass is 403 g/mol. The Morgan fingerprint density at radius 2 is 1.61 bits per heavy atom. The SMILES string of the molecule is COc1cc(-c2[nH]nnc2-c2cc(C)c(C)c(C)c2)cc(O[PH](=O)O)c1OC. The Labute approximate surface area is 163 Å². The highest BCUT2D eigenvalue weighted by Crippen LogP contribution is 2.44. The summed E-state index contributed by atoms with van der Waals surface area (Å²) in [5.74, 6) is 0.685. The smallest absolute Gasteiger partial charge is 0.365 e. The Kier molecular flexibility index (Phi) is 5.72. The summed E-state index contributed by atoms with van der Waals surface area (Å²) >= 11 is 0. The molecule has 0 aliphatic heterocycles. The number of ether oxygens (including phenoxy) is 2. The standard InChI is InChI=1S/C19H22N3O5P/c1-10-6-13(7-11(2)12(10)3)17-18(21-22-20-17)14-8-15(25-4)19(26-5)16(9-14)27-28(23)24/h6-9,28H,1-5H3,(H,23,24)(H,20,21,22). The van der Waals surface area contributed by atoms with E-state index in [9.17, 15) is 9.46 Å². The molecule has 0 saturated heterocycles. The molecule has 0 aliphatic carbocycles. The minimum atomic E-state index is -3.23. The molecule has 28 heavy (non-hydrogen) atoms. The Hall–Kier alpha value is -2.83. The van der Waals surface area contributed by atoms with Crippen molar-refractivity contribution in [2.24, 2.45) is 0 Å². The van der Waals surface area contributed by atoms with Crippen LogP contribution in [0.2, 0.25) is 0 Å². The predicted octanol–water partition coefficient (Wildman–Crippen LogP) is 3.84. The van der Waals surface area contributed by atoms with Gasteiger partial charge in [0, 0.05) is 11.1 Å². The van der Waals surface area contributed by atoms with E-state index in [1.54, 1.807) is 12.1 Å². The van der Waals surface area contributed by atoms with Crippen molar-refractivity contribution in [3.05, 3.63) is 41.0 Å². The first-order valence-corrected chi connectivity index (χ1v) is 9.78. The zero-order chi connectivity index (χ0) is 20.4. The summed E-state index contributed by atoms with van der Waals surface area (Å²) in [5.41, 5.74) is 6.36. The summed E-state index contributed by atoms with van der Waals surface area (Å²) in [7, 11) is -0.324. The van der Waals surface area contributed by atoms with Gasteiger partial charge in [0.15, 0.2) is 11.5 Å². The quantitative estimate of drug-likeness (QED) is 0.602. The number of aromatic amines is 1. The first-order valence-electron chi connectivity index (χ1n) is 8.52. The maximum atomic E-state index is 11.3. The summed E-state index contributed by atoms with van der Waals surface area (Å²) < 4.78 is 27.0. The number of aromatic nitrogens is 3. The molecule has 1 aromatic heterocycles. The minimum absolute atomic E-state index is 0.0973. The van der Waals surface area contributed by atoms with Crippen molar-refractivity contribution < 1.29 is 23.5 Å². The molecule has 0 fully saturated rings. The molecule has 3 aromatic rings. The number of benzene rings is 2. The van der Waals surface area contributed by atoms with Crippen molar-refractivity contribution >= 4 is 8.25 Å². The van der Waals surface area contributed by atoms with Crippen LogP contribution in [-0.2, 0) is 4.57 Å². The summed E-state index contributed by atoms with van der Waals surface area (Å²) in [6.07, 6.45) is 0. The molecule has 0 saturated carbocycles. The highest BCUT2D eigenvalue weighted by molar-refractivity contribution is 7.32. The van der Waals surface area contributed by atoms with Crippen molar-refractivity contribution in [1.82, 2.24) is 15.4 Å². The lowest BCUT2D eigenvalue weighted by Gasteiger charge is -2.14. The predicted molar refractivity (Wildman–Crippen MR) is 106 cm³/mol. The van der Waals surface area contributed by atoms with E-state index in [-0.39, 0.29) is 11.5 Å². The summed E-state index contributed by atoms with van der Waals surface area (Å²) in [5, 5.41) is 11.1. The average molecular weight is 403 g/mol. The van der Waals surface area contributed by atoms with E-state index < -0.39 is 8.25 Å². The molecule has 1 atom stereocenters. The molecular weight excluding hydrogens is 381 g/mol. The van der Waals surface area contributed by atoms with E-state index in [1.165, 1.54) is 19.8 Å². The van der Waals surface area contributed by atoms with E-state index in [2.05, 4.69) is 22.3 Å². The fraction of sp³-hybridized carbons (Fsp3) is 0.263. The van der Waals surface area contributed by atoms with Crippen LogP contribution in [0.3, 0.4) is 0 Å². The molecule has 3 rings (SSSR count). The molecule has 0 amide bonds. The van der Waals surface area contributed by atoms with E-state index in [0.29, 0.717) is 22.7 Å². The van der Waals surface area contributed by atoms with Gasteiger partial charge >= 0.3 is 8.25 Å². The lowest BCUT2D eigenvalue weighted by Crippen LogP contribution is -1.96. The van der Waals surface area contributed by atoms with E-state index in [1.807, 2.05) is 26.0 Å². The normalized spacial score (nSPS) is 11.9. The van der Waals surface area contributed by atoms with E-state index >= 15 is 0 Å². The fourth-order valence-corrected chi connectivity index (χ4v) is 3.39. The van der Waals surface area contributed by atoms with Crippen LogP contribution in [0.25, 0.3) is 22.5 Å². The highest BCUT2D eigenvalue weighted by Gasteiger charge is 2.20. The Balaban J connectivity index is 2.18. The largest absolute Gasteiger partial charge is 0.493 e. The number of methoxy groups -OCH3 is 2. The number of H-pyrrole nitrogens is 1. The molecule has 2 N–H and O–H groups in total. The fourth-order valence-electron chi connectivity index (χ4n) is 3.05. The van der Waals surface area contributed by atoms with Crippen LogP contribution >= 0.6 is 8.25 Å². The summed E-state index contributed by atoms with van der Waals surface area (Å²) in [4.78, 5) is 9.23. The van der Waals surface area contributed by atoms with Gasteiger partial charge in [-0.05, 0) is 61.7 Å². The lowest BCUT2D eigenvalue weighted by atomic mass is 9.97. The van der Waals surface area contributed by atoms with Crippen LogP contribution in [0, 0.1) is 20.8 Å². The Morgan fingerprint density at radius 1 is 0.964 bits per heavy atom. The molecule has 9 heteroatoms. The molecule has 1 heterocycles. The molecule has 0 radical (unpaired) electrons. The van der Waals surface area contributed by atoms with Crippen LogP contribution in [0.15, 0.2) is 24.3 Å². The second-order valence-electron chi connectivity index (χ2n) is 6.35. The Morgan fingerprint density at radius 3 is 2.18 bits per heavy atom. The van der Waals surface area contributed by atoms with Crippen molar-refractivity contribution in [1.29, 1.82) is 0 Å². The zero-order valence-corrected chi connectivity index (χ0v) is 17.3. The molecule has 0 bridgehead atoms. The number of hydrogen-bond donors (Lipinski definition) is 2. The first-order chi connectivity index (χ1) is 13.3. The molecule has 2 aromatic carbocycles.